The zero-order valence-corrected chi connectivity index (χ0v) is 11.1. The fourth-order valence-corrected chi connectivity index (χ4v) is 1.74. The molecule has 0 atom stereocenters. The Morgan fingerprint density at radius 2 is 2.19 bits per heavy atom. The summed E-state index contributed by atoms with van der Waals surface area (Å²) in [5, 5.41) is 9.66. The van der Waals surface area contributed by atoms with Gasteiger partial charge in [0.25, 0.3) is 5.91 Å². The normalized spacial score (nSPS) is 10.2. The van der Waals surface area contributed by atoms with E-state index in [1.807, 2.05) is 0 Å². The molecule has 4 heteroatoms. The first-order valence-corrected chi connectivity index (χ1v) is 6.09. The first kappa shape index (κ1) is 13.0. The average Bonchev–Trinajstić information content (AvgIpc) is 2.25. The minimum atomic E-state index is -0.140. The van der Waals surface area contributed by atoms with Crippen LogP contribution in [0.1, 0.15) is 30.1 Å². The molecule has 0 aliphatic rings. The van der Waals surface area contributed by atoms with E-state index in [0.29, 0.717) is 12.1 Å². The van der Waals surface area contributed by atoms with Crippen molar-refractivity contribution in [2.45, 2.75) is 19.8 Å². The Morgan fingerprint density at radius 3 is 2.75 bits per heavy atom. The molecular weight excluding hydrogens is 270 g/mol. The fraction of sp³-hybridized carbons (Fsp3) is 0.417. The van der Waals surface area contributed by atoms with Gasteiger partial charge in [-0.05, 0) is 24.6 Å². The van der Waals surface area contributed by atoms with Crippen LogP contribution in [0.3, 0.4) is 0 Å². The highest BCUT2D eigenvalue weighted by Gasteiger charge is 2.15. The minimum Gasteiger partial charge on any atom is -0.507 e. The largest absolute Gasteiger partial charge is 0.507 e. The van der Waals surface area contributed by atoms with Gasteiger partial charge < -0.3 is 10.0 Å². The summed E-state index contributed by atoms with van der Waals surface area (Å²) in [4.78, 5) is 13.6. The van der Waals surface area contributed by atoms with Gasteiger partial charge in [0.15, 0.2) is 0 Å². The molecule has 0 aromatic heterocycles. The molecule has 1 amide bonds. The Bertz CT molecular complexity index is 379. The predicted octanol–water partition coefficient (Wildman–Crippen LogP) is 3.03. The number of hydrogen-bond acceptors (Lipinski definition) is 2. The summed E-state index contributed by atoms with van der Waals surface area (Å²) < 4.78 is 0.762. The molecule has 0 heterocycles. The smallest absolute Gasteiger partial charge is 0.257 e. The number of rotatable bonds is 4. The summed E-state index contributed by atoms with van der Waals surface area (Å²) in [6, 6.07) is 4.91. The van der Waals surface area contributed by atoms with E-state index < -0.39 is 0 Å². The lowest BCUT2D eigenvalue weighted by Crippen LogP contribution is -2.27. The summed E-state index contributed by atoms with van der Waals surface area (Å²) in [6.45, 7) is 2.79. The van der Waals surface area contributed by atoms with Crippen molar-refractivity contribution >= 4 is 21.8 Å². The van der Waals surface area contributed by atoms with Crippen LogP contribution in [0.4, 0.5) is 0 Å². The van der Waals surface area contributed by atoms with Crippen LogP contribution in [0.2, 0.25) is 0 Å². The second-order valence-electron chi connectivity index (χ2n) is 3.74. The second kappa shape index (κ2) is 5.89. The van der Waals surface area contributed by atoms with Crippen LogP contribution in [-0.2, 0) is 0 Å². The molecule has 1 aromatic carbocycles. The summed E-state index contributed by atoms with van der Waals surface area (Å²) in [5.74, 6) is -0.124. The van der Waals surface area contributed by atoms with Crippen LogP contribution in [0.15, 0.2) is 22.7 Å². The first-order valence-electron chi connectivity index (χ1n) is 5.30. The van der Waals surface area contributed by atoms with E-state index in [9.17, 15) is 9.90 Å². The number of carbonyl (C=O) groups is 1. The highest BCUT2D eigenvalue weighted by atomic mass is 79.9. The third kappa shape index (κ3) is 3.23. The van der Waals surface area contributed by atoms with Gasteiger partial charge in [-0.15, -0.1) is 0 Å². The van der Waals surface area contributed by atoms with Crippen LogP contribution in [0.5, 0.6) is 5.75 Å². The zero-order chi connectivity index (χ0) is 12.1. The topological polar surface area (TPSA) is 40.5 Å². The molecule has 0 unspecified atom stereocenters. The standard InChI is InChI=1S/C12H16BrNO2/c1-3-4-7-14(2)12(16)10-6-5-9(13)8-11(10)15/h5-6,8,15H,3-4,7H2,1-2H3. The van der Waals surface area contributed by atoms with Crippen molar-refractivity contribution in [2.75, 3.05) is 13.6 Å². The van der Waals surface area contributed by atoms with Gasteiger partial charge in [0, 0.05) is 18.1 Å². The molecule has 1 rings (SSSR count). The Balaban J connectivity index is 2.79. The van der Waals surface area contributed by atoms with E-state index in [0.717, 1.165) is 17.3 Å². The molecule has 1 N–H and O–H groups in total. The molecule has 0 fully saturated rings. The van der Waals surface area contributed by atoms with E-state index >= 15 is 0 Å². The number of benzene rings is 1. The van der Waals surface area contributed by atoms with E-state index in [4.69, 9.17) is 0 Å². The van der Waals surface area contributed by atoms with E-state index in [1.54, 1.807) is 24.1 Å². The van der Waals surface area contributed by atoms with E-state index in [1.165, 1.54) is 6.07 Å². The molecule has 0 spiro atoms. The Morgan fingerprint density at radius 1 is 1.50 bits per heavy atom. The monoisotopic (exact) mass is 285 g/mol. The molecule has 0 aliphatic heterocycles. The van der Waals surface area contributed by atoms with Crippen molar-refractivity contribution in [3.8, 4) is 5.75 Å². The Hall–Kier alpha value is -1.03. The van der Waals surface area contributed by atoms with Crippen molar-refractivity contribution in [3.63, 3.8) is 0 Å². The predicted molar refractivity (Wildman–Crippen MR) is 67.7 cm³/mol. The third-order valence-corrected chi connectivity index (χ3v) is 2.88. The number of carbonyl (C=O) groups excluding carboxylic acids is 1. The zero-order valence-electron chi connectivity index (χ0n) is 9.53. The van der Waals surface area contributed by atoms with Gasteiger partial charge in [0.05, 0.1) is 5.56 Å². The minimum absolute atomic E-state index is 0.0164. The molecule has 0 saturated heterocycles. The van der Waals surface area contributed by atoms with E-state index in [2.05, 4.69) is 22.9 Å². The average molecular weight is 286 g/mol. The van der Waals surface area contributed by atoms with Crippen molar-refractivity contribution in [1.82, 2.24) is 4.90 Å². The molecule has 88 valence electrons. The van der Waals surface area contributed by atoms with Crippen LogP contribution in [0.25, 0.3) is 0 Å². The van der Waals surface area contributed by atoms with Crippen molar-refractivity contribution < 1.29 is 9.90 Å². The number of phenols is 1. The molecule has 0 aliphatic carbocycles. The molecule has 0 bridgehead atoms. The number of halogens is 1. The summed E-state index contributed by atoms with van der Waals surface area (Å²) in [7, 11) is 1.75. The summed E-state index contributed by atoms with van der Waals surface area (Å²) in [5.41, 5.74) is 0.349. The van der Waals surface area contributed by atoms with Gasteiger partial charge in [-0.2, -0.15) is 0 Å². The third-order valence-electron chi connectivity index (χ3n) is 2.38. The number of unbranched alkanes of at least 4 members (excludes halogenated alkanes) is 1. The fourth-order valence-electron chi connectivity index (χ4n) is 1.39. The van der Waals surface area contributed by atoms with Crippen LogP contribution < -0.4 is 0 Å². The van der Waals surface area contributed by atoms with Crippen LogP contribution in [-0.4, -0.2) is 29.5 Å². The van der Waals surface area contributed by atoms with Gasteiger partial charge in [-0.3, -0.25) is 4.79 Å². The number of amides is 1. The lowest BCUT2D eigenvalue weighted by molar-refractivity contribution is 0.0790. The van der Waals surface area contributed by atoms with Crippen molar-refractivity contribution in [2.24, 2.45) is 0 Å². The highest BCUT2D eigenvalue weighted by molar-refractivity contribution is 9.10. The molecule has 0 saturated carbocycles. The van der Waals surface area contributed by atoms with Gasteiger partial charge in [-0.1, -0.05) is 29.3 Å². The number of aromatic hydroxyl groups is 1. The molecule has 1 aromatic rings. The van der Waals surface area contributed by atoms with Crippen molar-refractivity contribution in [1.29, 1.82) is 0 Å². The maximum Gasteiger partial charge on any atom is 0.257 e. The van der Waals surface area contributed by atoms with Gasteiger partial charge >= 0.3 is 0 Å². The van der Waals surface area contributed by atoms with Gasteiger partial charge in [-0.25, -0.2) is 0 Å². The number of nitrogens with zero attached hydrogens (tertiary/aromatic N) is 1. The molecular formula is C12H16BrNO2. The highest BCUT2D eigenvalue weighted by Crippen LogP contribution is 2.23. The quantitative estimate of drug-likeness (QED) is 0.924. The van der Waals surface area contributed by atoms with Crippen molar-refractivity contribution in [3.05, 3.63) is 28.2 Å². The first-order chi connectivity index (χ1) is 7.56. The lowest BCUT2D eigenvalue weighted by atomic mass is 10.1. The second-order valence-corrected chi connectivity index (χ2v) is 4.66. The molecule has 0 radical (unpaired) electrons. The van der Waals surface area contributed by atoms with Crippen LogP contribution in [0, 0.1) is 0 Å². The summed E-state index contributed by atoms with van der Waals surface area (Å²) >= 11 is 3.24. The SMILES string of the molecule is CCCCN(C)C(=O)c1ccc(Br)cc1O. The van der Waals surface area contributed by atoms with Crippen LogP contribution >= 0.6 is 15.9 Å². The number of hydrogen-bond donors (Lipinski definition) is 1. The maximum absolute atomic E-state index is 11.9. The number of phenolic OH excluding ortho intramolecular Hbond substituents is 1. The van der Waals surface area contributed by atoms with Gasteiger partial charge in [0.2, 0.25) is 0 Å². The maximum atomic E-state index is 11.9. The summed E-state index contributed by atoms with van der Waals surface area (Å²) in [6.07, 6.45) is 2.02. The van der Waals surface area contributed by atoms with Gasteiger partial charge in [0.1, 0.15) is 5.75 Å². The lowest BCUT2D eigenvalue weighted by Gasteiger charge is -2.17. The Labute approximate surface area is 104 Å². The molecule has 16 heavy (non-hydrogen) atoms. The molecule has 3 nitrogen and oxygen atoms in total. The van der Waals surface area contributed by atoms with E-state index in [-0.39, 0.29) is 11.7 Å². The Kier molecular flexibility index (Phi) is 4.80.